The van der Waals surface area contributed by atoms with Crippen molar-refractivity contribution in [3.63, 3.8) is 0 Å². The molecule has 2 aromatic heterocycles. The van der Waals surface area contributed by atoms with Crippen LogP contribution in [0.25, 0.3) is 12.2 Å². The number of aliphatic carboxylic acids is 1. The number of amides is 1. The first-order valence-corrected chi connectivity index (χ1v) is 8.39. The summed E-state index contributed by atoms with van der Waals surface area (Å²) in [5.74, 6) is -1.13. The maximum Gasteiger partial charge on any atom is 0.325 e. The number of carbonyl (C=O) groups excluding carboxylic acids is 1. The van der Waals surface area contributed by atoms with Gasteiger partial charge in [0.2, 0.25) is 5.91 Å². The van der Waals surface area contributed by atoms with Crippen molar-refractivity contribution in [2.75, 3.05) is 7.05 Å². The molecule has 2 N–H and O–H groups in total. The molecule has 0 saturated carbocycles. The van der Waals surface area contributed by atoms with E-state index >= 15 is 0 Å². The standard InChI is InChI=1S/C15H17N5O3S/c1-16-15(23)10-3-2-4-11-14(10)17-12(24-11)6-5-9-7-20(19-18-9)8-13(21)22/h5-7,10H,2-4,8H2,1H3,(H,16,23)(H,21,22). The monoisotopic (exact) mass is 347 g/mol. The number of nitrogens with zero attached hydrogens (tertiary/aromatic N) is 4. The van der Waals surface area contributed by atoms with Crippen molar-refractivity contribution in [3.05, 3.63) is 27.5 Å². The number of carboxylic acids is 1. The molecule has 0 saturated heterocycles. The van der Waals surface area contributed by atoms with Gasteiger partial charge in [-0.3, -0.25) is 9.59 Å². The second kappa shape index (κ2) is 6.91. The lowest BCUT2D eigenvalue weighted by Crippen LogP contribution is -2.28. The molecule has 3 rings (SSSR count). The fourth-order valence-electron chi connectivity index (χ4n) is 2.70. The van der Waals surface area contributed by atoms with Gasteiger partial charge in [0.05, 0.1) is 17.8 Å². The zero-order valence-electron chi connectivity index (χ0n) is 13.1. The Labute approximate surface area is 142 Å². The molecule has 126 valence electrons. The summed E-state index contributed by atoms with van der Waals surface area (Å²) < 4.78 is 1.26. The van der Waals surface area contributed by atoms with Crippen LogP contribution in [0, 0.1) is 0 Å². The van der Waals surface area contributed by atoms with Gasteiger partial charge < -0.3 is 10.4 Å². The zero-order chi connectivity index (χ0) is 17.1. The quantitative estimate of drug-likeness (QED) is 0.840. The fourth-order valence-corrected chi connectivity index (χ4v) is 3.77. The first kappa shape index (κ1) is 16.3. The fraction of sp³-hybridized carbons (Fsp3) is 0.400. The van der Waals surface area contributed by atoms with Crippen molar-refractivity contribution in [1.29, 1.82) is 0 Å². The Balaban J connectivity index is 1.76. The molecule has 0 aromatic carbocycles. The van der Waals surface area contributed by atoms with Gasteiger partial charge in [0.1, 0.15) is 17.2 Å². The smallest absolute Gasteiger partial charge is 0.325 e. The minimum atomic E-state index is -0.969. The van der Waals surface area contributed by atoms with Crippen molar-refractivity contribution in [1.82, 2.24) is 25.3 Å². The Morgan fingerprint density at radius 3 is 3.08 bits per heavy atom. The summed E-state index contributed by atoms with van der Waals surface area (Å²) in [4.78, 5) is 28.4. The number of thiazole rings is 1. The normalized spacial score (nSPS) is 17.0. The van der Waals surface area contributed by atoms with Crippen LogP contribution in [0.4, 0.5) is 0 Å². The van der Waals surface area contributed by atoms with Gasteiger partial charge in [0, 0.05) is 11.9 Å². The molecular weight excluding hydrogens is 330 g/mol. The molecule has 0 aliphatic heterocycles. The van der Waals surface area contributed by atoms with Gasteiger partial charge in [-0.1, -0.05) is 5.21 Å². The molecule has 1 aliphatic rings. The highest BCUT2D eigenvalue weighted by atomic mass is 32.1. The summed E-state index contributed by atoms with van der Waals surface area (Å²) in [6.07, 6.45) is 7.88. The van der Waals surface area contributed by atoms with E-state index in [4.69, 9.17) is 5.11 Å². The number of nitrogens with one attached hydrogen (secondary N) is 1. The molecule has 9 heteroatoms. The minimum Gasteiger partial charge on any atom is -0.480 e. The minimum absolute atomic E-state index is 0.00777. The third-order valence-electron chi connectivity index (χ3n) is 3.78. The first-order chi connectivity index (χ1) is 11.6. The molecule has 0 bridgehead atoms. The summed E-state index contributed by atoms with van der Waals surface area (Å²) >= 11 is 1.58. The van der Waals surface area contributed by atoms with Crippen LogP contribution in [0.5, 0.6) is 0 Å². The van der Waals surface area contributed by atoms with Crippen LogP contribution in [0.15, 0.2) is 6.20 Å². The number of fused-ring (bicyclic) bond motifs is 1. The SMILES string of the molecule is CNC(=O)C1CCCc2sc(C=Cc3cn(CC(=O)O)nn3)nc21. The van der Waals surface area contributed by atoms with Crippen molar-refractivity contribution in [2.24, 2.45) is 0 Å². The largest absolute Gasteiger partial charge is 0.480 e. The van der Waals surface area contributed by atoms with Gasteiger partial charge in [-0.15, -0.1) is 16.4 Å². The van der Waals surface area contributed by atoms with Crippen molar-refractivity contribution in [2.45, 2.75) is 31.7 Å². The Kier molecular flexibility index (Phi) is 4.70. The van der Waals surface area contributed by atoms with Crippen molar-refractivity contribution < 1.29 is 14.7 Å². The molecule has 0 radical (unpaired) electrons. The van der Waals surface area contributed by atoms with Gasteiger partial charge in [-0.2, -0.15) is 0 Å². The average molecular weight is 347 g/mol. The number of carboxylic acid groups (broad SMARTS) is 1. The number of hydrogen-bond donors (Lipinski definition) is 2. The lowest BCUT2D eigenvalue weighted by Gasteiger charge is -2.19. The zero-order valence-corrected chi connectivity index (χ0v) is 13.9. The van der Waals surface area contributed by atoms with Crippen LogP contribution in [0.3, 0.4) is 0 Å². The first-order valence-electron chi connectivity index (χ1n) is 7.58. The van der Waals surface area contributed by atoms with Crippen LogP contribution in [-0.4, -0.2) is 44.0 Å². The van der Waals surface area contributed by atoms with Gasteiger partial charge in [0.15, 0.2) is 0 Å². The third-order valence-corrected chi connectivity index (χ3v) is 4.88. The highest BCUT2D eigenvalue weighted by Crippen LogP contribution is 2.35. The molecule has 0 fully saturated rings. The topological polar surface area (TPSA) is 110 Å². The number of aromatic nitrogens is 4. The number of rotatable bonds is 5. The van der Waals surface area contributed by atoms with Gasteiger partial charge in [-0.25, -0.2) is 9.67 Å². The second-order valence-corrected chi connectivity index (χ2v) is 6.60. The molecule has 2 aromatic rings. The summed E-state index contributed by atoms with van der Waals surface area (Å²) in [6, 6.07) is 0. The van der Waals surface area contributed by atoms with Crippen LogP contribution in [-0.2, 0) is 22.6 Å². The summed E-state index contributed by atoms with van der Waals surface area (Å²) in [7, 11) is 1.64. The lowest BCUT2D eigenvalue weighted by atomic mass is 9.90. The number of aryl methyl sites for hydroxylation is 1. The van der Waals surface area contributed by atoms with Crippen LogP contribution in [0.1, 0.15) is 40.0 Å². The molecular formula is C15H17N5O3S. The van der Waals surface area contributed by atoms with Gasteiger partial charge in [0.25, 0.3) is 0 Å². The Morgan fingerprint density at radius 2 is 2.33 bits per heavy atom. The van der Waals surface area contributed by atoms with E-state index in [2.05, 4.69) is 20.6 Å². The van der Waals surface area contributed by atoms with Crippen LogP contribution < -0.4 is 5.32 Å². The van der Waals surface area contributed by atoms with E-state index in [0.29, 0.717) is 5.69 Å². The summed E-state index contributed by atoms with van der Waals surface area (Å²) in [6.45, 7) is -0.222. The Bertz CT molecular complexity index is 795. The molecule has 1 amide bonds. The van der Waals surface area contributed by atoms with Crippen molar-refractivity contribution >= 4 is 35.4 Å². The van der Waals surface area contributed by atoms with Gasteiger partial charge in [-0.05, 0) is 31.4 Å². The van der Waals surface area contributed by atoms with E-state index in [1.807, 2.05) is 6.08 Å². The van der Waals surface area contributed by atoms with E-state index in [1.165, 1.54) is 4.68 Å². The van der Waals surface area contributed by atoms with E-state index < -0.39 is 5.97 Å². The predicted octanol–water partition coefficient (Wildman–Crippen LogP) is 1.16. The van der Waals surface area contributed by atoms with Gasteiger partial charge >= 0.3 is 5.97 Å². The summed E-state index contributed by atoms with van der Waals surface area (Å²) in [5, 5.41) is 19.9. The average Bonchev–Trinajstić information content (AvgIpc) is 3.17. The predicted molar refractivity (Wildman–Crippen MR) is 88.4 cm³/mol. The third kappa shape index (κ3) is 3.51. The Hall–Kier alpha value is -2.55. The van der Waals surface area contributed by atoms with E-state index in [9.17, 15) is 9.59 Å². The molecule has 24 heavy (non-hydrogen) atoms. The van der Waals surface area contributed by atoms with E-state index in [1.54, 1.807) is 30.7 Å². The molecule has 1 unspecified atom stereocenters. The summed E-state index contributed by atoms with van der Waals surface area (Å²) in [5.41, 5.74) is 1.44. The number of likely N-dealkylation sites (N-methyl/N-ethyl adjacent to an activating group) is 1. The van der Waals surface area contributed by atoms with Crippen LogP contribution in [0.2, 0.25) is 0 Å². The van der Waals surface area contributed by atoms with Crippen molar-refractivity contribution in [3.8, 4) is 0 Å². The maximum absolute atomic E-state index is 12.0. The number of hydrogen-bond acceptors (Lipinski definition) is 6. The molecule has 0 spiro atoms. The molecule has 1 atom stereocenters. The number of carbonyl (C=O) groups is 2. The van der Waals surface area contributed by atoms with Crippen LogP contribution >= 0.6 is 11.3 Å². The molecule has 2 heterocycles. The lowest BCUT2D eigenvalue weighted by molar-refractivity contribution is -0.138. The highest BCUT2D eigenvalue weighted by Gasteiger charge is 2.29. The Morgan fingerprint density at radius 1 is 1.50 bits per heavy atom. The van der Waals surface area contributed by atoms with E-state index in [0.717, 1.165) is 34.8 Å². The molecule has 1 aliphatic carbocycles. The second-order valence-electron chi connectivity index (χ2n) is 5.49. The highest BCUT2D eigenvalue weighted by molar-refractivity contribution is 7.12. The maximum atomic E-state index is 12.0. The van der Waals surface area contributed by atoms with E-state index in [-0.39, 0.29) is 18.4 Å². The molecule has 8 nitrogen and oxygen atoms in total.